The molecule has 1 aliphatic carbocycles. The van der Waals surface area contributed by atoms with Crippen molar-refractivity contribution in [2.45, 2.75) is 37.2 Å². The van der Waals surface area contributed by atoms with E-state index < -0.39 is 10.0 Å². The van der Waals surface area contributed by atoms with Gasteiger partial charge in [-0.1, -0.05) is 48.9 Å². The highest BCUT2D eigenvalue weighted by Gasteiger charge is 2.37. The SMILES string of the molecule is NS(=O)(=O)c1ccccc1-c1ccc(CNC(=O)[C@@H]2CCC[C@H]2C(=O)NCc2nccs2)cc1. The fourth-order valence-electron chi connectivity index (χ4n) is 4.30. The normalized spacial score (nSPS) is 17.9. The minimum absolute atomic E-state index is 0.0662. The molecule has 1 aromatic heterocycles. The van der Waals surface area contributed by atoms with Gasteiger partial charge in [0.15, 0.2) is 0 Å². The van der Waals surface area contributed by atoms with Crippen molar-refractivity contribution in [2.24, 2.45) is 17.0 Å². The van der Waals surface area contributed by atoms with E-state index in [1.54, 1.807) is 36.5 Å². The second-order valence-electron chi connectivity index (χ2n) is 8.24. The standard InChI is InChI=1S/C24H26N4O4S2/c25-34(31,32)21-7-2-1-4-18(21)17-10-8-16(9-11-17)14-27-23(29)19-5-3-6-20(19)24(30)28-15-22-26-12-13-33-22/h1-2,4,7-13,19-20H,3,5-6,14-15H2,(H,27,29)(H,28,30)(H2,25,31,32)/t19-,20-/m1/s1. The van der Waals surface area contributed by atoms with Gasteiger partial charge < -0.3 is 10.6 Å². The smallest absolute Gasteiger partial charge is 0.238 e. The molecule has 1 fully saturated rings. The number of carbonyl (C=O) groups excluding carboxylic acids is 2. The van der Waals surface area contributed by atoms with Gasteiger partial charge >= 0.3 is 0 Å². The Hall–Kier alpha value is -3.08. The Balaban J connectivity index is 1.35. The van der Waals surface area contributed by atoms with E-state index in [4.69, 9.17) is 5.14 Å². The summed E-state index contributed by atoms with van der Waals surface area (Å²) in [5.41, 5.74) is 2.11. The summed E-state index contributed by atoms with van der Waals surface area (Å²) >= 11 is 1.48. The number of benzene rings is 2. The minimum atomic E-state index is -3.84. The molecule has 1 aliphatic rings. The molecular weight excluding hydrogens is 472 g/mol. The van der Waals surface area contributed by atoms with Crippen LogP contribution in [0.15, 0.2) is 65.0 Å². The first-order chi connectivity index (χ1) is 16.3. The van der Waals surface area contributed by atoms with Crippen LogP contribution < -0.4 is 15.8 Å². The molecule has 4 rings (SSSR count). The Labute approximate surface area is 202 Å². The van der Waals surface area contributed by atoms with E-state index >= 15 is 0 Å². The van der Waals surface area contributed by atoms with Crippen molar-refractivity contribution in [3.63, 3.8) is 0 Å². The Morgan fingerprint density at radius 1 is 0.971 bits per heavy atom. The first-order valence-corrected chi connectivity index (χ1v) is 13.4. The lowest BCUT2D eigenvalue weighted by atomic mass is 9.94. The lowest BCUT2D eigenvalue weighted by Gasteiger charge is -2.18. The summed E-state index contributed by atoms with van der Waals surface area (Å²) in [5, 5.41) is 13.9. The van der Waals surface area contributed by atoms with Crippen LogP contribution >= 0.6 is 11.3 Å². The van der Waals surface area contributed by atoms with E-state index in [1.165, 1.54) is 17.4 Å². The van der Waals surface area contributed by atoms with Gasteiger partial charge in [-0.3, -0.25) is 9.59 Å². The van der Waals surface area contributed by atoms with E-state index in [-0.39, 0.29) is 28.5 Å². The number of primary sulfonamides is 1. The van der Waals surface area contributed by atoms with Gasteiger partial charge in [0, 0.05) is 35.5 Å². The summed E-state index contributed by atoms with van der Waals surface area (Å²) in [4.78, 5) is 29.7. The zero-order chi connectivity index (χ0) is 24.1. The number of hydrogen-bond donors (Lipinski definition) is 3. The number of rotatable bonds is 8. The predicted octanol–water partition coefficient (Wildman–Crippen LogP) is 2.81. The Kier molecular flexibility index (Phi) is 7.40. The maximum absolute atomic E-state index is 12.8. The lowest BCUT2D eigenvalue weighted by Crippen LogP contribution is -2.39. The summed E-state index contributed by atoms with van der Waals surface area (Å²) < 4.78 is 23.7. The Morgan fingerprint density at radius 2 is 1.62 bits per heavy atom. The molecule has 0 radical (unpaired) electrons. The first kappa shape index (κ1) is 24.1. The molecular formula is C24H26N4O4S2. The van der Waals surface area contributed by atoms with Crippen molar-refractivity contribution < 1.29 is 18.0 Å². The monoisotopic (exact) mass is 498 g/mol. The number of nitrogens with two attached hydrogens (primary N) is 1. The minimum Gasteiger partial charge on any atom is -0.352 e. The molecule has 4 N–H and O–H groups in total. The number of nitrogens with zero attached hydrogens (tertiary/aromatic N) is 1. The summed E-state index contributed by atoms with van der Waals surface area (Å²) in [7, 11) is -3.84. The van der Waals surface area contributed by atoms with Gasteiger partial charge in [0.25, 0.3) is 0 Å². The highest BCUT2D eigenvalue weighted by molar-refractivity contribution is 7.89. The van der Waals surface area contributed by atoms with E-state index in [0.29, 0.717) is 37.1 Å². The molecule has 1 heterocycles. The largest absolute Gasteiger partial charge is 0.352 e. The summed E-state index contributed by atoms with van der Waals surface area (Å²) in [6.07, 6.45) is 3.92. The number of nitrogens with one attached hydrogen (secondary N) is 2. The third-order valence-corrected chi connectivity index (χ3v) is 7.76. The van der Waals surface area contributed by atoms with E-state index in [0.717, 1.165) is 17.0 Å². The van der Waals surface area contributed by atoms with Gasteiger partial charge in [-0.05, 0) is 30.0 Å². The maximum atomic E-state index is 12.8. The van der Waals surface area contributed by atoms with Crippen LogP contribution in [0.3, 0.4) is 0 Å². The highest BCUT2D eigenvalue weighted by Crippen LogP contribution is 2.32. The van der Waals surface area contributed by atoms with Crippen LogP contribution in [0.4, 0.5) is 0 Å². The van der Waals surface area contributed by atoms with Crippen molar-refractivity contribution in [3.05, 3.63) is 70.7 Å². The molecule has 0 saturated heterocycles. The maximum Gasteiger partial charge on any atom is 0.238 e. The second-order valence-corrected chi connectivity index (χ2v) is 10.8. The molecule has 10 heteroatoms. The molecule has 8 nitrogen and oxygen atoms in total. The van der Waals surface area contributed by atoms with Gasteiger partial charge in [0.2, 0.25) is 21.8 Å². The molecule has 34 heavy (non-hydrogen) atoms. The number of amides is 2. The van der Waals surface area contributed by atoms with Gasteiger partial charge in [-0.25, -0.2) is 18.5 Å². The van der Waals surface area contributed by atoms with Crippen molar-refractivity contribution in [1.82, 2.24) is 15.6 Å². The van der Waals surface area contributed by atoms with Crippen molar-refractivity contribution in [2.75, 3.05) is 0 Å². The van der Waals surface area contributed by atoms with E-state index in [1.807, 2.05) is 17.5 Å². The van der Waals surface area contributed by atoms with Gasteiger partial charge in [-0.2, -0.15) is 0 Å². The molecule has 1 saturated carbocycles. The number of carbonyl (C=O) groups is 2. The molecule has 0 bridgehead atoms. The molecule has 3 aromatic rings. The predicted molar refractivity (Wildman–Crippen MR) is 130 cm³/mol. The van der Waals surface area contributed by atoms with Crippen LogP contribution in [0.1, 0.15) is 29.8 Å². The molecule has 0 aliphatic heterocycles. The fourth-order valence-corrected chi connectivity index (χ4v) is 5.61. The number of sulfonamides is 1. The van der Waals surface area contributed by atoms with Crippen LogP contribution in [0.25, 0.3) is 11.1 Å². The highest BCUT2D eigenvalue weighted by atomic mass is 32.2. The summed E-state index contributed by atoms with van der Waals surface area (Å²) in [5.74, 6) is -0.921. The number of aromatic nitrogens is 1. The van der Waals surface area contributed by atoms with Crippen molar-refractivity contribution in [1.29, 1.82) is 0 Å². The quantitative estimate of drug-likeness (QED) is 0.439. The molecule has 2 amide bonds. The lowest BCUT2D eigenvalue weighted by molar-refractivity contribution is -0.133. The van der Waals surface area contributed by atoms with Crippen LogP contribution in [0.5, 0.6) is 0 Å². The van der Waals surface area contributed by atoms with Gasteiger partial charge in [0.1, 0.15) is 5.01 Å². The van der Waals surface area contributed by atoms with Crippen LogP contribution in [-0.4, -0.2) is 25.2 Å². The zero-order valence-electron chi connectivity index (χ0n) is 18.4. The second kappa shape index (κ2) is 10.5. The summed E-state index contributed by atoms with van der Waals surface area (Å²) in [6, 6.07) is 13.8. The zero-order valence-corrected chi connectivity index (χ0v) is 20.1. The third-order valence-electron chi connectivity index (χ3n) is 6.01. The van der Waals surface area contributed by atoms with Crippen LogP contribution in [-0.2, 0) is 32.7 Å². The fraction of sp³-hybridized carbons (Fsp3) is 0.292. The summed E-state index contributed by atoms with van der Waals surface area (Å²) in [6.45, 7) is 0.697. The molecule has 2 aromatic carbocycles. The molecule has 0 unspecified atom stereocenters. The molecule has 0 spiro atoms. The number of thiazole rings is 1. The van der Waals surface area contributed by atoms with Gasteiger partial charge in [-0.15, -0.1) is 11.3 Å². The average Bonchev–Trinajstić information content (AvgIpc) is 3.53. The Bertz CT molecular complexity index is 1260. The van der Waals surface area contributed by atoms with Crippen molar-refractivity contribution in [3.8, 4) is 11.1 Å². The molecule has 2 atom stereocenters. The van der Waals surface area contributed by atoms with E-state index in [9.17, 15) is 18.0 Å². The van der Waals surface area contributed by atoms with Crippen LogP contribution in [0.2, 0.25) is 0 Å². The molecule has 178 valence electrons. The Morgan fingerprint density at radius 3 is 2.24 bits per heavy atom. The average molecular weight is 499 g/mol. The van der Waals surface area contributed by atoms with Crippen molar-refractivity contribution >= 4 is 33.2 Å². The first-order valence-electron chi connectivity index (χ1n) is 11.0. The number of hydrogen-bond acceptors (Lipinski definition) is 6. The third kappa shape index (κ3) is 5.69. The topological polar surface area (TPSA) is 131 Å². The van der Waals surface area contributed by atoms with E-state index in [2.05, 4.69) is 15.6 Å². The van der Waals surface area contributed by atoms with Gasteiger partial charge in [0.05, 0.1) is 11.4 Å². The van der Waals surface area contributed by atoms with Crippen LogP contribution in [0, 0.1) is 11.8 Å².